The number of hydrogen-bond donors (Lipinski definition) is 0. The Labute approximate surface area is 186 Å². The second-order valence-corrected chi connectivity index (χ2v) is 11.9. The lowest BCUT2D eigenvalue weighted by Gasteiger charge is -2.18. The first-order valence-corrected chi connectivity index (χ1v) is 12.3. The van der Waals surface area contributed by atoms with Crippen molar-refractivity contribution in [2.75, 3.05) is 0 Å². The second-order valence-electron chi connectivity index (χ2n) is 7.68. The minimum atomic E-state index is -0.211. The van der Waals surface area contributed by atoms with Crippen molar-refractivity contribution in [3.8, 4) is 5.75 Å². The van der Waals surface area contributed by atoms with Gasteiger partial charge in [-0.05, 0) is 76.4 Å². The molecule has 0 amide bonds. The molecule has 0 aliphatic rings. The largest absolute Gasteiger partial charge is 0.489 e. The molecule has 0 bridgehead atoms. The molecule has 0 aliphatic heterocycles. The molecule has 0 atom stereocenters. The molecule has 3 aromatic rings. The molecule has 3 heteroatoms. The number of hydrogen-bond acceptors (Lipinski definition) is 1. The quantitative estimate of drug-likeness (QED) is 0.418. The maximum Gasteiger partial charge on any atom is 0.358 e. The lowest BCUT2D eigenvalue weighted by atomic mass is 9.87. The van der Waals surface area contributed by atoms with Gasteiger partial charge in [0.1, 0.15) is 12.4 Å². The minimum Gasteiger partial charge on any atom is -0.489 e. The maximum atomic E-state index is 6.04. The highest BCUT2D eigenvalue weighted by Crippen LogP contribution is 2.21. The summed E-state index contributed by atoms with van der Waals surface area (Å²) in [7, 11) is 0. The van der Waals surface area contributed by atoms with E-state index in [9.17, 15) is 0 Å². The van der Waals surface area contributed by atoms with Crippen molar-refractivity contribution in [1.29, 1.82) is 0 Å². The number of ether oxygens (including phenoxy) is 1. The Kier molecular flexibility index (Phi) is 6.84. The smallest absolute Gasteiger partial charge is 0.358 e. The molecule has 0 saturated carbocycles. The number of halogens is 2. The maximum absolute atomic E-state index is 6.04. The molecule has 3 rings (SSSR count). The molecular weight excluding hydrogens is 558 g/mol. The van der Waals surface area contributed by atoms with E-state index in [2.05, 4.69) is 117 Å². The van der Waals surface area contributed by atoms with E-state index in [1.54, 1.807) is 0 Å². The van der Waals surface area contributed by atoms with Gasteiger partial charge in [-0.3, -0.25) is 0 Å². The highest BCUT2D eigenvalue weighted by atomic mass is 127. The number of rotatable bonds is 5. The summed E-state index contributed by atoms with van der Waals surface area (Å²) in [4.78, 5) is 0. The molecule has 1 nitrogen and oxygen atoms in total. The van der Waals surface area contributed by atoms with Crippen LogP contribution in [0.25, 0.3) is 0 Å². The molecule has 3 aromatic carbocycles. The summed E-state index contributed by atoms with van der Waals surface area (Å²) >= 11 is 2.11. The predicted octanol–water partition coefficient (Wildman–Crippen LogP) is 3.60. The van der Waals surface area contributed by atoms with Gasteiger partial charge in [-0.1, -0.05) is 51.1 Å². The van der Waals surface area contributed by atoms with E-state index in [1.807, 2.05) is 0 Å². The molecule has 0 unspecified atom stereocenters. The third-order valence-corrected chi connectivity index (χ3v) is 8.19. The average molecular weight is 583 g/mol. The molecule has 0 spiro atoms. The van der Waals surface area contributed by atoms with E-state index in [4.69, 9.17) is 4.74 Å². The van der Waals surface area contributed by atoms with Gasteiger partial charge in [0.15, 0.2) is 3.57 Å². The highest BCUT2D eigenvalue weighted by molar-refractivity contribution is 14.1. The van der Waals surface area contributed by atoms with Crippen LogP contribution >= 0.6 is 22.6 Å². The van der Waals surface area contributed by atoms with E-state index in [1.165, 1.54) is 27.4 Å². The van der Waals surface area contributed by atoms with Crippen LogP contribution in [0.5, 0.6) is 5.75 Å². The van der Waals surface area contributed by atoms with Crippen molar-refractivity contribution < 1.29 is 25.9 Å². The summed E-state index contributed by atoms with van der Waals surface area (Å²) in [5.41, 5.74) is 4.15. The summed E-state index contributed by atoms with van der Waals surface area (Å²) in [5, 5.41) is 0. The van der Waals surface area contributed by atoms with Gasteiger partial charge in [0.25, 0.3) is 0 Å². The fourth-order valence-corrected chi connectivity index (χ4v) is 5.46. The summed E-state index contributed by atoms with van der Waals surface area (Å²) < 4.78 is 10.2. The van der Waals surface area contributed by atoms with Crippen molar-refractivity contribution in [3.63, 3.8) is 0 Å². The zero-order valence-corrected chi connectivity index (χ0v) is 20.5. The van der Waals surface area contributed by atoms with Gasteiger partial charge < -0.3 is 4.74 Å². The van der Waals surface area contributed by atoms with Crippen LogP contribution in [-0.4, -0.2) is 0 Å². The molecule has 0 heterocycles. The third-order valence-electron chi connectivity index (χ3n) is 4.38. The summed E-state index contributed by atoms with van der Waals surface area (Å²) in [6.07, 6.45) is 0. The number of benzene rings is 3. The van der Waals surface area contributed by atoms with Gasteiger partial charge in [-0.15, -0.1) is 0 Å². The zero-order chi connectivity index (χ0) is 19.4. The summed E-state index contributed by atoms with van der Waals surface area (Å²) in [5.74, 6) is 0.958. The SMILES string of the molecule is Cc1ccc(OCc2ccc(I)cc2)cc1[I+]c1ccc(C(C)(C)C)cc1. The zero-order valence-electron chi connectivity index (χ0n) is 16.2. The fourth-order valence-electron chi connectivity index (χ4n) is 2.64. The van der Waals surface area contributed by atoms with Crippen molar-refractivity contribution in [3.05, 3.63) is 94.1 Å². The van der Waals surface area contributed by atoms with E-state index in [0.717, 1.165) is 5.75 Å². The molecule has 0 radical (unpaired) electrons. The molecule has 0 aliphatic carbocycles. The molecule has 0 aromatic heterocycles. The average Bonchev–Trinajstić information content (AvgIpc) is 2.63. The van der Waals surface area contributed by atoms with Gasteiger partial charge in [0.05, 0.1) is 0 Å². The van der Waals surface area contributed by atoms with Crippen LogP contribution in [0.3, 0.4) is 0 Å². The highest BCUT2D eigenvalue weighted by Gasteiger charge is 2.21. The lowest BCUT2D eigenvalue weighted by molar-refractivity contribution is -0.598. The Morgan fingerprint density at radius 2 is 1.56 bits per heavy atom. The van der Waals surface area contributed by atoms with Crippen LogP contribution in [0.1, 0.15) is 37.5 Å². The summed E-state index contributed by atoms with van der Waals surface area (Å²) in [6, 6.07) is 24.1. The van der Waals surface area contributed by atoms with Crippen LogP contribution in [0.4, 0.5) is 0 Å². The van der Waals surface area contributed by atoms with Crippen LogP contribution < -0.4 is 25.9 Å². The van der Waals surface area contributed by atoms with Gasteiger partial charge in [-0.2, -0.15) is 0 Å². The minimum absolute atomic E-state index is 0.204. The van der Waals surface area contributed by atoms with Crippen molar-refractivity contribution in [2.24, 2.45) is 0 Å². The Bertz CT molecular complexity index is 891. The van der Waals surface area contributed by atoms with Gasteiger partial charge in [0, 0.05) is 15.2 Å². The molecule has 0 fully saturated rings. The Morgan fingerprint density at radius 3 is 2.19 bits per heavy atom. The first-order valence-electron chi connectivity index (χ1n) is 9.04. The third kappa shape index (κ3) is 5.95. The standard InChI is InChI=1S/C24H25I2O/c1-17-5-14-22(27-16-18-6-10-20(25)11-7-18)15-23(17)26-21-12-8-19(9-13-21)24(2,3)4/h5-15H,16H2,1-4H3/q+1. The molecule has 0 saturated heterocycles. The topological polar surface area (TPSA) is 9.23 Å². The first-order chi connectivity index (χ1) is 12.8. The molecular formula is C24H25I2O+. The molecule has 0 N–H and O–H groups in total. The van der Waals surface area contributed by atoms with Crippen molar-refractivity contribution in [1.82, 2.24) is 0 Å². The van der Waals surface area contributed by atoms with Gasteiger partial charge >= 0.3 is 21.2 Å². The summed E-state index contributed by atoms with van der Waals surface area (Å²) in [6.45, 7) is 9.58. The monoisotopic (exact) mass is 583 g/mol. The van der Waals surface area contributed by atoms with Crippen LogP contribution in [0.15, 0.2) is 66.7 Å². The van der Waals surface area contributed by atoms with Gasteiger partial charge in [0.2, 0.25) is 3.57 Å². The van der Waals surface area contributed by atoms with E-state index < -0.39 is 0 Å². The second kappa shape index (κ2) is 8.95. The van der Waals surface area contributed by atoms with Crippen LogP contribution in [0, 0.1) is 17.6 Å². The van der Waals surface area contributed by atoms with E-state index in [-0.39, 0.29) is 26.6 Å². The van der Waals surface area contributed by atoms with Gasteiger partial charge in [-0.25, -0.2) is 0 Å². The van der Waals surface area contributed by atoms with Crippen LogP contribution in [-0.2, 0) is 12.0 Å². The molecule has 27 heavy (non-hydrogen) atoms. The Morgan fingerprint density at radius 1 is 0.889 bits per heavy atom. The fraction of sp³-hybridized carbons (Fsp3) is 0.250. The first kappa shape index (κ1) is 20.6. The van der Waals surface area contributed by atoms with Crippen molar-refractivity contribution in [2.45, 2.75) is 39.7 Å². The van der Waals surface area contributed by atoms with E-state index in [0.29, 0.717) is 6.61 Å². The normalized spacial score (nSPS) is 11.4. The molecule has 140 valence electrons. The predicted molar refractivity (Wildman–Crippen MR) is 117 cm³/mol. The Hall–Kier alpha value is -1.08. The Balaban J connectivity index is 1.70. The number of aryl methyl sites for hydroxylation is 1. The lowest BCUT2D eigenvalue weighted by Crippen LogP contribution is -3.61. The van der Waals surface area contributed by atoms with Crippen molar-refractivity contribution >= 4 is 22.6 Å². The van der Waals surface area contributed by atoms with Crippen LogP contribution in [0.2, 0.25) is 0 Å². The van der Waals surface area contributed by atoms with E-state index >= 15 is 0 Å².